The fraction of sp³-hybridized carbons (Fsp3) is 0.250. The number of rotatable bonds is 0. The van der Waals surface area contributed by atoms with Crippen molar-refractivity contribution >= 4 is 23.2 Å². The standard InChI is InChI=1S/2C8H9Cl/c1-6-3-4-8(9)7(2)5-6;1-6-4-3-5-7(2)8(6)9/h2*3-5H,1-2H3. The lowest BCUT2D eigenvalue weighted by molar-refractivity contribution is 1.39. The Morgan fingerprint density at radius 3 is 1.67 bits per heavy atom. The Kier molecular flexibility index (Phi) is 5.71. The van der Waals surface area contributed by atoms with Gasteiger partial charge in [-0.05, 0) is 50.5 Å². The molecule has 0 atom stereocenters. The second-order valence-electron chi connectivity index (χ2n) is 4.46. The van der Waals surface area contributed by atoms with Gasteiger partial charge in [0.15, 0.2) is 0 Å². The molecular weight excluding hydrogens is 263 g/mol. The lowest BCUT2D eigenvalue weighted by Crippen LogP contribution is -1.77. The minimum Gasteiger partial charge on any atom is -0.0841 e. The lowest BCUT2D eigenvalue weighted by Gasteiger charge is -1.98. The predicted octanol–water partition coefficient (Wildman–Crippen LogP) is 5.91. The summed E-state index contributed by atoms with van der Waals surface area (Å²) in [6, 6.07) is 12.0. The summed E-state index contributed by atoms with van der Waals surface area (Å²) in [6.07, 6.45) is 0. The summed E-state index contributed by atoms with van der Waals surface area (Å²) in [6.45, 7) is 8.09. The molecule has 0 aliphatic carbocycles. The zero-order valence-electron chi connectivity index (χ0n) is 11.2. The highest BCUT2D eigenvalue weighted by atomic mass is 35.5. The molecule has 0 heterocycles. The molecule has 0 radical (unpaired) electrons. The number of hydrogen-bond donors (Lipinski definition) is 0. The molecule has 0 saturated carbocycles. The van der Waals surface area contributed by atoms with E-state index >= 15 is 0 Å². The average molecular weight is 281 g/mol. The molecule has 0 bridgehead atoms. The van der Waals surface area contributed by atoms with Gasteiger partial charge < -0.3 is 0 Å². The van der Waals surface area contributed by atoms with Crippen LogP contribution in [0.2, 0.25) is 10.0 Å². The zero-order valence-corrected chi connectivity index (χ0v) is 12.7. The van der Waals surface area contributed by atoms with E-state index in [0.717, 1.165) is 26.7 Å². The lowest BCUT2D eigenvalue weighted by atomic mass is 10.2. The van der Waals surface area contributed by atoms with E-state index in [1.54, 1.807) is 0 Å². The van der Waals surface area contributed by atoms with Crippen LogP contribution in [0, 0.1) is 27.7 Å². The van der Waals surface area contributed by atoms with Crippen LogP contribution in [0.3, 0.4) is 0 Å². The van der Waals surface area contributed by atoms with Gasteiger partial charge in [0.1, 0.15) is 0 Å². The van der Waals surface area contributed by atoms with Crippen molar-refractivity contribution < 1.29 is 0 Å². The van der Waals surface area contributed by atoms with Crippen molar-refractivity contribution in [1.29, 1.82) is 0 Å². The van der Waals surface area contributed by atoms with Crippen LogP contribution in [0.15, 0.2) is 36.4 Å². The van der Waals surface area contributed by atoms with E-state index in [1.807, 2.05) is 51.1 Å². The Morgan fingerprint density at radius 1 is 0.722 bits per heavy atom. The fourth-order valence-electron chi connectivity index (χ4n) is 1.59. The van der Waals surface area contributed by atoms with Gasteiger partial charge in [-0.15, -0.1) is 0 Å². The van der Waals surface area contributed by atoms with Crippen molar-refractivity contribution in [2.24, 2.45) is 0 Å². The largest absolute Gasteiger partial charge is 0.0841 e. The van der Waals surface area contributed by atoms with Crippen molar-refractivity contribution in [1.82, 2.24) is 0 Å². The average Bonchev–Trinajstić information content (AvgIpc) is 2.32. The molecule has 0 saturated heterocycles. The molecule has 2 aromatic carbocycles. The first-order chi connectivity index (χ1) is 8.41. The second kappa shape index (κ2) is 6.82. The highest BCUT2D eigenvalue weighted by molar-refractivity contribution is 6.32. The van der Waals surface area contributed by atoms with Gasteiger partial charge in [0.2, 0.25) is 0 Å². The van der Waals surface area contributed by atoms with Gasteiger partial charge >= 0.3 is 0 Å². The summed E-state index contributed by atoms with van der Waals surface area (Å²) in [5.41, 5.74) is 4.71. The van der Waals surface area contributed by atoms with Crippen LogP contribution >= 0.6 is 23.2 Å². The Bertz CT molecular complexity index is 510. The maximum atomic E-state index is 5.88. The van der Waals surface area contributed by atoms with Gasteiger partial charge in [-0.2, -0.15) is 0 Å². The number of benzene rings is 2. The van der Waals surface area contributed by atoms with E-state index in [9.17, 15) is 0 Å². The maximum Gasteiger partial charge on any atom is 0.0464 e. The number of halogens is 2. The van der Waals surface area contributed by atoms with Crippen molar-refractivity contribution in [2.75, 3.05) is 0 Å². The Labute approximate surface area is 120 Å². The molecule has 0 fully saturated rings. The third-order valence-electron chi connectivity index (χ3n) is 2.70. The number of hydrogen-bond acceptors (Lipinski definition) is 0. The SMILES string of the molecule is Cc1ccc(Cl)c(C)c1.Cc1cccc(C)c1Cl. The minimum atomic E-state index is 0.848. The molecule has 0 spiro atoms. The monoisotopic (exact) mass is 280 g/mol. The van der Waals surface area contributed by atoms with Crippen molar-refractivity contribution in [3.63, 3.8) is 0 Å². The first kappa shape index (κ1) is 15.1. The Balaban J connectivity index is 0.000000180. The molecule has 96 valence electrons. The normalized spacial score (nSPS) is 9.67. The van der Waals surface area contributed by atoms with Crippen LogP contribution in [0.1, 0.15) is 22.3 Å². The van der Waals surface area contributed by atoms with Crippen molar-refractivity contribution in [2.45, 2.75) is 27.7 Å². The zero-order chi connectivity index (χ0) is 13.7. The molecule has 0 aromatic heterocycles. The Hall–Kier alpha value is -0.980. The van der Waals surface area contributed by atoms with Crippen LogP contribution in [0.25, 0.3) is 0 Å². The maximum absolute atomic E-state index is 5.88. The molecule has 0 N–H and O–H groups in total. The van der Waals surface area contributed by atoms with Gasteiger partial charge in [0.25, 0.3) is 0 Å². The molecule has 18 heavy (non-hydrogen) atoms. The van der Waals surface area contributed by atoms with E-state index in [1.165, 1.54) is 5.56 Å². The van der Waals surface area contributed by atoms with E-state index in [4.69, 9.17) is 23.2 Å². The summed E-state index contributed by atoms with van der Waals surface area (Å²) in [4.78, 5) is 0. The number of aryl methyl sites for hydroxylation is 4. The summed E-state index contributed by atoms with van der Waals surface area (Å²) < 4.78 is 0. The molecule has 2 rings (SSSR count). The highest BCUT2D eigenvalue weighted by Gasteiger charge is 1.94. The molecule has 2 heteroatoms. The van der Waals surface area contributed by atoms with Crippen LogP contribution in [0.5, 0.6) is 0 Å². The first-order valence-corrected chi connectivity index (χ1v) is 6.62. The second-order valence-corrected chi connectivity index (χ2v) is 5.24. The minimum absolute atomic E-state index is 0.848. The third kappa shape index (κ3) is 4.36. The van der Waals surface area contributed by atoms with Gasteiger partial charge in [0, 0.05) is 10.0 Å². The predicted molar refractivity (Wildman–Crippen MR) is 81.9 cm³/mol. The van der Waals surface area contributed by atoms with Crippen LogP contribution in [-0.2, 0) is 0 Å². The van der Waals surface area contributed by atoms with Crippen molar-refractivity contribution in [3.8, 4) is 0 Å². The molecular formula is C16H18Cl2. The molecule has 0 aliphatic rings. The smallest absolute Gasteiger partial charge is 0.0464 e. The van der Waals surface area contributed by atoms with E-state index in [0.29, 0.717) is 0 Å². The van der Waals surface area contributed by atoms with Gasteiger partial charge in [0.05, 0.1) is 0 Å². The summed E-state index contributed by atoms with van der Waals surface area (Å²) >= 11 is 11.7. The quantitative estimate of drug-likeness (QED) is 0.562. The first-order valence-electron chi connectivity index (χ1n) is 5.86. The van der Waals surface area contributed by atoms with Crippen molar-refractivity contribution in [3.05, 3.63) is 68.7 Å². The summed E-state index contributed by atoms with van der Waals surface area (Å²) in [5, 5.41) is 1.73. The van der Waals surface area contributed by atoms with Crippen LogP contribution < -0.4 is 0 Å². The molecule has 2 aromatic rings. The highest BCUT2D eigenvalue weighted by Crippen LogP contribution is 2.18. The molecule has 0 unspecified atom stereocenters. The Morgan fingerprint density at radius 2 is 1.28 bits per heavy atom. The van der Waals surface area contributed by atoms with Crippen LogP contribution in [0.4, 0.5) is 0 Å². The summed E-state index contributed by atoms with van der Waals surface area (Å²) in [5.74, 6) is 0. The van der Waals surface area contributed by atoms with Gasteiger partial charge in [-0.3, -0.25) is 0 Å². The van der Waals surface area contributed by atoms with E-state index in [-0.39, 0.29) is 0 Å². The van der Waals surface area contributed by atoms with Gasteiger partial charge in [-0.25, -0.2) is 0 Å². The van der Waals surface area contributed by atoms with Gasteiger partial charge in [-0.1, -0.05) is 59.1 Å². The van der Waals surface area contributed by atoms with E-state index < -0.39 is 0 Å². The fourth-order valence-corrected chi connectivity index (χ4v) is 1.83. The topological polar surface area (TPSA) is 0 Å². The molecule has 0 aliphatic heterocycles. The molecule has 0 amide bonds. The van der Waals surface area contributed by atoms with Crippen LogP contribution in [-0.4, -0.2) is 0 Å². The third-order valence-corrected chi connectivity index (χ3v) is 3.72. The molecule has 0 nitrogen and oxygen atoms in total. The summed E-state index contributed by atoms with van der Waals surface area (Å²) in [7, 11) is 0. The van der Waals surface area contributed by atoms with E-state index in [2.05, 4.69) is 13.0 Å².